The largest absolute Gasteiger partial charge is 0.485 e. The van der Waals surface area contributed by atoms with Crippen LogP contribution in [0.3, 0.4) is 0 Å². The number of rotatable bonds is 4. The van der Waals surface area contributed by atoms with E-state index in [0.717, 1.165) is 25.0 Å². The summed E-state index contributed by atoms with van der Waals surface area (Å²) in [6, 6.07) is 3.64. The first-order chi connectivity index (χ1) is 7.61. The Bertz CT molecular complexity index is 399. The van der Waals surface area contributed by atoms with Crippen molar-refractivity contribution in [3.63, 3.8) is 0 Å². The van der Waals surface area contributed by atoms with Crippen molar-refractivity contribution < 1.29 is 14.6 Å². The second kappa shape index (κ2) is 4.12. The maximum Gasteiger partial charge on any atom is 0.307 e. The molecule has 2 rings (SSSR count). The summed E-state index contributed by atoms with van der Waals surface area (Å²) in [5.41, 5.74) is 0.304. The van der Waals surface area contributed by atoms with E-state index in [-0.39, 0.29) is 6.42 Å². The Labute approximate surface area is 94.3 Å². The molecule has 0 unspecified atom stereocenters. The molecule has 0 amide bonds. The molecule has 16 heavy (non-hydrogen) atoms. The lowest BCUT2D eigenvalue weighted by atomic mass is 9.77. The lowest BCUT2D eigenvalue weighted by molar-refractivity contribution is -0.144. The highest BCUT2D eigenvalue weighted by Gasteiger charge is 2.41. The highest BCUT2D eigenvalue weighted by atomic mass is 16.5. The van der Waals surface area contributed by atoms with Crippen molar-refractivity contribution in [3.8, 4) is 5.75 Å². The molecule has 0 atom stereocenters. The summed E-state index contributed by atoms with van der Waals surface area (Å²) in [6.07, 6.45) is 4.43. The average molecular weight is 221 g/mol. The summed E-state index contributed by atoms with van der Waals surface area (Å²) in [6.45, 7) is 1.86. The van der Waals surface area contributed by atoms with Gasteiger partial charge in [-0.2, -0.15) is 0 Å². The number of ether oxygens (including phenoxy) is 1. The Morgan fingerprint density at radius 1 is 1.62 bits per heavy atom. The predicted molar refractivity (Wildman–Crippen MR) is 58.4 cm³/mol. The van der Waals surface area contributed by atoms with E-state index in [2.05, 4.69) is 4.98 Å². The predicted octanol–water partition coefficient (Wildman–Crippen LogP) is 2.17. The van der Waals surface area contributed by atoms with Crippen LogP contribution in [-0.4, -0.2) is 21.7 Å². The van der Waals surface area contributed by atoms with Crippen LogP contribution >= 0.6 is 0 Å². The molecule has 0 saturated heterocycles. The van der Waals surface area contributed by atoms with Crippen molar-refractivity contribution in [3.05, 3.63) is 24.0 Å². The molecule has 0 bridgehead atoms. The molecular weight excluding hydrogens is 206 g/mol. The van der Waals surface area contributed by atoms with Crippen molar-refractivity contribution >= 4 is 5.97 Å². The monoisotopic (exact) mass is 221 g/mol. The Hall–Kier alpha value is -1.58. The molecular formula is C12H15NO3. The van der Waals surface area contributed by atoms with Gasteiger partial charge in [0.1, 0.15) is 11.4 Å². The van der Waals surface area contributed by atoms with E-state index in [1.165, 1.54) is 0 Å². The number of aliphatic carboxylic acids is 1. The van der Waals surface area contributed by atoms with Crippen molar-refractivity contribution in [1.29, 1.82) is 0 Å². The minimum absolute atomic E-state index is 0.0708. The van der Waals surface area contributed by atoms with Gasteiger partial charge in [0.2, 0.25) is 0 Å². The van der Waals surface area contributed by atoms with E-state index in [1.54, 1.807) is 12.3 Å². The quantitative estimate of drug-likeness (QED) is 0.846. The number of hydrogen-bond acceptors (Lipinski definition) is 3. The van der Waals surface area contributed by atoms with Gasteiger partial charge in [0.05, 0.1) is 12.1 Å². The fourth-order valence-corrected chi connectivity index (χ4v) is 1.97. The maximum absolute atomic E-state index is 10.8. The highest BCUT2D eigenvalue weighted by molar-refractivity contribution is 5.68. The van der Waals surface area contributed by atoms with Gasteiger partial charge in [-0.3, -0.25) is 9.78 Å². The molecule has 1 aromatic heterocycles. The minimum atomic E-state index is -0.804. The lowest BCUT2D eigenvalue weighted by Crippen LogP contribution is -2.45. The summed E-state index contributed by atoms with van der Waals surface area (Å²) >= 11 is 0. The van der Waals surface area contributed by atoms with E-state index < -0.39 is 11.6 Å². The molecule has 1 heterocycles. The van der Waals surface area contributed by atoms with Crippen molar-refractivity contribution in [2.24, 2.45) is 0 Å². The summed E-state index contributed by atoms with van der Waals surface area (Å²) in [7, 11) is 0. The van der Waals surface area contributed by atoms with Gasteiger partial charge in [-0.15, -0.1) is 0 Å². The summed E-state index contributed by atoms with van der Waals surface area (Å²) in [5.74, 6) is -0.107. The molecule has 1 aliphatic rings. The molecule has 0 spiro atoms. The molecule has 4 nitrogen and oxygen atoms in total. The lowest BCUT2D eigenvalue weighted by Gasteiger charge is -2.41. The summed E-state index contributed by atoms with van der Waals surface area (Å²) in [5, 5.41) is 8.87. The SMILES string of the molecule is Cc1ncccc1OC1(CC(=O)O)CCC1. The minimum Gasteiger partial charge on any atom is -0.485 e. The Morgan fingerprint density at radius 2 is 2.38 bits per heavy atom. The van der Waals surface area contributed by atoms with Gasteiger partial charge in [-0.25, -0.2) is 0 Å². The third-order valence-electron chi connectivity index (χ3n) is 3.02. The first kappa shape index (κ1) is 10.9. The van der Waals surface area contributed by atoms with Gasteiger partial charge >= 0.3 is 5.97 Å². The molecule has 86 valence electrons. The number of hydrogen-bond donors (Lipinski definition) is 1. The second-order valence-corrected chi connectivity index (χ2v) is 4.30. The van der Waals surface area contributed by atoms with Crippen molar-refractivity contribution in [1.82, 2.24) is 4.98 Å². The second-order valence-electron chi connectivity index (χ2n) is 4.30. The molecule has 0 aliphatic heterocycles. The average Bonchev–Trinajstić information content (AvgIpc) is 2.17. The maximum atomic E-state index is 10.8. The molecule has 4 heteroatoms. The number of pyridine rings is 1. The van der Waals surface area contributed by atoms with E-state index in [1.807, 2.05) is 13.0 Å². The molecule has 1 aromatic rings. The van der Waals surface area contributed by atoms with E-state index in [9.17, 15) is 4.79 Å². The zero-order chi connectivity index (χ0) is 11.6. The third kappa shape index (κ3) is 2.15. The zero-order valence-corrected chi connectivity index (χ0v) is 9.27. The number of aromatic nitrogens is 1. The molecule has 1 saturated carbocycles. The van der Waals surface area contributed by atoms with E-state index in [4.69, 9.17) is 9.84 Å². The molecule has 0 radical (unpaired) electrons. The highest BCUT2D eigenvalue weighted by Crippen LogP contribution is 2.39. The molecule has 1 aliphatic carbocycles. The van der Waals surface area contributed by atoms with E-state index >= 15 is 0 Å². The Kier molecular flexibility index (Phi) is 2.81. The van der Waals surface area contributed by atoms with Gasteiger partial charge in [0, 0.05) is 6.20 Å². The first-order valence-electron chi connectivity index (χ1n) is 5.44. The van der Waals surface area contributed by atoms with Gasteiger partial charge in [-0.1, -0.05) is 0 Å². The standard InChI is InChI=1S/C12H15NO3/c1-9-10(4-2-7-13-9)16-12(5-3-6-12)8-11(14)15/h2,4,7H,3,5-6,8H2,1H3,(H,14,15). The van der Waals surface area contributed by atoms with Gasteiger partial charge < -0.3 is 9.84 Å². The summed E-state index contributed by atoms with van der Waals surface area (Å²) < 4.78 is 5.84. The third-order valence-corrected chi connectivity index (χ3v) is 3.02. The van der Waals surface area contributed by atoms with Crippen LogP contribution in [0.1, 0.15) is 31.4 Å². The van der Waals surface area contributed by atoms with Gasteiger partial charge in [-0.05, 0) is 38.3 Å². The smallest absolute Gasteiger partial charge is 0.307 e. The number of carbonyl (C=O) groups is 1. The fourth-order valence-electron chi connectivity index (χ4n) is 1.97. The van der Waals surface area contributed by atoms with Crippen LogP contribution in [-0.2, 0) is 4.79 Å². The van der Waals surface area contributed by atoms with Gasteiger partial charge in [0.25, 0.3) is 0 Å². The van der Waals surface area contributed by atoms with Crippen LogP contribution in [0.15, 0.2) is 18.3 Å². The number of nitrogens with zero attached hydrogens (tertiary/aromatic N) is 1. The zero-order valence-electron chi connectivity index (χ0n) is 9.27. The number of carboxylic acids is 1. The first-order valence-corrected chi connectivity index (χ1v) is 5.44. The molecule has 1 fully saturated rings. The van der Waals surface area contributed by atoms with Crippen molar-refractivity contribution in [2.45, 2.75) is 38.2 Å². The molecule has 0 aromatic carbocycles. The van der Waals surface area contributed by atoms with Crippen LogP contribution in [0.4, 0.5) is 0 Å². The number of aryl methyl sites for hydroxylation is 1. The number of carboxylic acid groups (broad SMARTS) is 1. The van der Waals surface area contributed by atoms with E-state index in [0.29, 0.717) is 5.75 Å². The Balaban J connectivity index is 2.13. The molecule has 1 N–H and O–H groups in total. The topological polar surface area (TPSA) is 59.4 Å². The van der Waals surface area contributed by atoms with Gasteiger partial charge in [0.15, 0.2) is 0 Å². The Morgan fingerprint density at radius 3 is 2.88 bits per heavy atom. The van der Waals surface area contributed by atoms with Crippen molar-refractivity contribution in [2.75, 3.05) is 0 Å². The normalized spacial score (nSPS) is 17.6. The fraction of sp³-hybridized carbons (Fsp3) is 0.500. The van der Waals surface area contributed by atoms with Crippen LogP contribution < -0.4 is 4.74 Å². The van der Waals surface area contributed by atoms with Crippen LogP contribution in [0.2, 0.25) is 0 Å². The van der Waals surface area contributed by atoms with Crippen LogP contribution in [0, 0.1) is 6.92 Å². The van der Waals surface area contributed by atoms with Crippen LogP contribution in [0.5, 0.6) is 5.75 Å². The summed E-state index contributed by atoms with van der Waals surface area (Å²) in [4.78, 5) is 14.9. The van der Waals surface area contributed by atoms with Crippen LogP contribution in [0.25, 0.3) is 0 Å².